The van der Waals surface area contributed by atoms with Crippen molar-refractivity contribution in [1.82, 2.24) is 23.8 Å². The van der Waals surface area contributed by atoms with Crippen LogP contribution in [0.25, 0.3) is 27.8 Å². The fraction of sp³-hybridized carbons (Fsp3) is 0.485. The van der Waals surface area contributed by atoms with Crippen molar-refractivity contribution in [2.45, 2.75) is 85.2 Å². The summed E-state index contributed by atoms with van der Waals surface area (Å²) in [5.74, 6) is 0.0350. The number of nitrogens with zero attached hydrogens (tertiary/aromatic N) is 6. The number of nitrogens with one attached hydrogen (secondary N) is 1. The largest absolute Gasteiger partial charge is 0.444 e. The number of ether oxygens (including phenoxy) is 2. The van der Waals surface area contributed by atoms with Crippen molar-refractivity contribution in [2.24, 2.45) is 5.41 Å². The van der Waals surface area contributed by atoms with E-state index >= 15 is 0 Å². The van der Waals surface area contributed by atoms with Crippen molar-refractivity contribution >= 4 is 46.2 Å². The maximum atomic E-state index is 15.0. The zero-order valence-corrected chi connectivity index (χ0v) is 28.7. The molecule has 4 aromatic rings. The van der Waals surface area contributed by atoms with E-state index in [0.717, 1.165) is 8.97 Å². The van der Waals surface area contributed by atoms with Crippen LogP contribution in [0.15, 0.2) is 30.7 Å². The minimum absolute atomic E-state index is 0.00263. The highest BCUT2D eigenvalue weighted by atomic mass is 35.5. The van der Waals surface area contributed by atoms with Crippen LogP contribution in [-0.4, -0.2) is 66.4 Å². The van der Waals surface area contributed by atoms with E-state index in [1.165, 1.54) is 30.7 Å². The van der Waals surface area contributed by atoms with E-state index in [2.05, 4.69) is 15.3 Å². The summed E-state index contributed by atoms with van der Waals surface area (Å²) in [7, 11) is 0. The van der Waals surface area contributed by atoms with Crippen molar-refractivity contribution in [3.63, 3.8) is 0 Å². The Morgan fingerprint density at radius 2 is 1.73 bits per heavy atom. The molecule has 15 heteroatoms. The van der Waals surface area contributed by atoms with Crippen LogP contribution in [0.4, 0.5) is 28.6 Å². The third-order valence-corrected chi connectivity index (χ3v) is 7.91. The SMILES string of the molecule is CC1(C)CC(Nc2nc(-c3cn(C(=O)OC(C)(C)C)c4c(Cl)c(C#N)ccc34)c(C(F)(F)F)n3ccnc23)CN(C(=O)OC(C)(C)C)C1. The van der Waals surface area contributed by atoms with Gasteiger partial charge in [0.05, 0.1) is 16.1 Å². The minimum atomic E-state index is -4.92. The first-order valence-corrected chi connectivity index (χ1v) is 15.6. The van der Waals surface area contributed by atoms with Gasteiger partial charge in [0.25, 0.3) is 0 Å². The second kappa shape index (κ2) is 11.9. The van der Waals surface area contributed by atoms with Crippen LogP contribution in [0.1, 0.15) is 73.1 Å². The van der Waals surface area contributed by atoms with E-state index in [1.54, 1.807) is 46.4 Å². The van der Waals surface area contributed by atoms with Gasteiger partial charge in [-0.3, -0.25) is 8.97 Å². The molecule has 0 saturated carbocycles. The second-order valence-corrected chi connectivity index (χ2v) is 15.1. The van der Waals surface area contributed by atoms with Gasteiger partial charge in [-0.1, -0.05) is 31.5 Å². The average molecular weight is 688 g/mol. The average Bonchev–Trinajstić information content (AvgIpc) is 3.55. The van der Waals surface area contributed by atoms with E-state index in [4.69, 9.17) is 21.1 Å². The van der Waals surface area contributed by atoms with Gasteiger partial charge in [0.2, 0.25) is 0 Å². The Labute approximate surface area is 280 Å². The van der Waals surface area contributed by atoms with Crippen LogP contribution < -0.4 is 5.32 Å². The molecule has 256 valence electrons. The lowest BCUT2D eigenvalue weighted by atomic mass is 9.82. The van der Waals surface area contributed by atoms with Crippen LogP contribution in [0.3, 0.4) is 0 Å². The van der Waals surface area contributed by atoms with Crippen LogP contribution in [0.5, 0.6) is 0 Å². The normalized spacial score (nSPS) is 17.0. The number of aromatic nitrogens is 4. The number of halogens is 4. The first-order valence-electron chi connectivity index (χ1n) is 15.2. The van der Waals surface area contributed by atoms with Crippen LogP contribution in [0, 0.1) is 16.7 Å². The van der Waals surface area contributed by atoms with E-state index in [0.29, 0.717) is 13.0 Å². The number of hydrogen-bond acceptors (Lipinski definition) is 8. The fourth-order valence-corrected chi connectivity index (χ4v) is 6.25. The van der Waals surface area contributed by atoms with Gasteiger partial charge < -0.3 is 19.7 Å². The van der Waals surface area contributed by atoms with Gasteiger partial charge in [0.15, 0.2) is 17.2 Å². The highest BCUT2D eigenvalue weighted by Gasteiger charge is 2.41. The summed E-state index contributed by atoms with van der Waals surface area (Å²) in [6, 6.07) is 4.29. The Balaban J connectivity index is 1.70. The van der Waals surface area contributed by atoms with Crippen molar-refractivity contribution in [3.8, 4) is 17.3 Å². The molecule has 11 nitrogen and oxygen atoms in total. The maximum Gasteiger partial charge on any atom is 0.433 e. The van der Waals surface area contributed by atoms with E-state index in [-0.39, 0.29) is 50.5 Å². The summed E-state index contributed by atoms with van der Waals surface area (Å²) in [4.78, 5) is 36.7. The van der Waals surface area contributed by atoms with Crippen molar-refractivity contribution in [2.75, 3.05) is 18.4 Å². The molecule has 1 aliphatic rings. The highest BCUT2D eigenvalue weighted by Crippen LogP contribution is 2.43. The molecule has 1 atom stereocenters. The summed E-state index contributed by atoms with van der Waals surface area (Å²) in [5.41, 5.74) is -3.83. The van der Waals surface area contributed by atoms with Crippen LogP contribution in [-0.2, 0) is 15.7 Å². The molecular weight excluding hydrogens is 651 g/mol. The van der Waals surface area contributed by atoms with E-state index in [9.17, 15) is 28.0 Å². The molecule has 1 N–H and O–H groups in total. The number of benzene rings is 1. The predicted molar refractivity (Wildman–Crippen MR) is 174 cm³/mol. The molecule has 0 aliphatic carbocycles. The van der Waals surface area contributed by atoms with Gasteiger partial charge in [-0.15, -0.1) is 0 Å². The first kappa shape index (κ1) is 34.8. The lowest BCUT2D eigenvalue weighted by Crippen LogP contribution is -2.53. The topological polar surface area (TPSA) is 127 Å². The highest BCUT2D eigenvalue weighted by molar-refractivity contribution is 6.37. The molecule has 0 bridgehead atoms. The number of amides is 1. The lowest BCUT2D eigenvalue weighted by molar-refractivity contribution is -0.141. The number of likely N-dealkylation sites (tertiary alicyclic amines) is 1. The number of rotatable bonds is 3. The number of fused-ring (bicyclic) bond motifs is 2. The number of imidazole rings is 1. The van der Waals surface area contributed by atoms with Gasteiger partial charge in [0, 0.05) is 48.7 Å². The van der Waals surface area contributed by atoms with E-state index in [1.807, 2.05) is 19.9 Å². The zero-order valence-electron chi connectivity index (χ0n) is 27.9. The monoisotopic (exact) mass is 687 g/mol. The molecule has 1 aliphatic heterocycles. The standard InChI is InChI=1S/C33H37ClF3N7O4/c1-30(2,3)47-28(45)42-15-19(13-32(7,8)17-42)40-26-27-39-11-12-43(27)25(33(35,36)37)23(41-26)21-16-44(29(46)48-31(4,5)6)24-20(21)10-9-18(14-38)22(24)34/h9-12,16,19H,13,15,17H2,1-8H3,(H,40,41). The van der Waals surface area contributed by atoms with Crippen LogP contribution >= 0.6 is 11.6 Å². The summed E-state index contributed by atoms with van der Waals surface area (Å²) in [6.45, 7) is 14.8. The third-order valence-electron chi connectivity index (χ3n) is 7.53. The van der Waals surface area contributed by atoms with Crippen molar-refractivity contribution < 1.29 is 32.2 Å². The Morgan fingerprint density at radius 1 is 1.08 bits per heavy atom. The number of hydrogen-bond donors (Lipinski definition) is 1. The molecule has 48 heavy (non-hydrogen) atoms. The lowest BCUT2D eigenvalue weighted by Gasteiger charge is -2.43. The van der Waals surface area contributed by atoms with E-state index < -0.39 is 47.0 Å². The van der Waals surface area contributed by atoms with Crippen molar-refractivity contribution in [3.05, 3.63) is 47.0 Å². The second-order valence-electron chi connectivity index (χ2n) is 14.7. The molecule has 3 aromatic heterocycles. The summed E-state index contributed by atoms with van der Waals surface area (Å²) < 4.78 is 57.9. The number of alkyl halides is 3. The minimum Gasteiger partial charge on any atom is -0.444 e. The Morgan fingerprint density at radius 3 is 2.33 bits per heavy atom. The van der Waals surface area contributed by atoms with Gasteiger partial charge in [-0.05, 0) is 59.4 Å². The summed E-state index contributed by atoms with van der Waals surface area (Å²) >= 11 is 6.57. The molecule has 1 amide bonds. The number of nitriles is 1. The smallest absolute Gasteiger partial charge is 0.433 e. The molecule has 4 heterocycles. The number of carbonyl (C=O) groups is 2. The summed E-state index contributed by atoms with van der Waals surface area (Å²) in [6.07, 6.45) is -2.17. The van der Waals surface area contributed by atoms with Gasteiger partial charge >= 0.3 is 18.4 Å². The Kier molecular flexibility index (Phi) is 8.61. The predicted octanol–water partition coefficient (Wildman–Crippen LogP) is 8.13. The molecule has 1 aromatic carbocycles. The Hall–Kier alpha value is -4.51. The van der Waals surface area contributed by atoms with Gasteiger partial charge in [0.1, 0.15) is 23.0 Å². The Bertz CT molecular complexity index is 1960. The quantitative estimate of drug-likeness (QED) is 0.229. The summed E-state index contributed by atoms with van der Waals surface area (Å²) in [5, 5.41) is 12.9. The molecular formula is C33H37ClF3N7O4. The first-order chi connectivity index (χ1) is 22.1. The molecule has 0 spiro atoms. The molecule has 1 fully saturated rings. The van der Waals surface area contributed by atoms with Crippen molar-refractivity contribution in [1.29, 1.82) is 5.26 Å². The molecule has 1 saturated heterocycles. The van der Waals surface area contributed by atoms with Gasteiger partial charge in [-0.25, -0.2) is 19.6 Å². The number of anilines is 1. The maximum absolute atomic E-state index is 15.0. The fourth-order valence-electron chi connectivity index (χ4n) is 5.95. The molecule has 5 rings (SSSR count). The third kappa shape index (κ3) is 7.01. The van der Waals surface area contributed by atoms with Gasteiger partial charge in [-0.2, -0.15) is 18.4 Å². The molecule has 1 unspecified atom stereocenters. The molecule has 0 radical (unpaired) electrons. The number of carbonyl (C=O) groups excluding carboxylic acids is 2. The number of piperidine rings is 1. The zero-order chi connectivity index (χ0) is 35.6. The van der Waals surface area contributed by atoms with Crippen LogP contribution in [0.2, 0.25) is 5.02 Å².